The molecule has 1 N–H and O–H groups in total. The van der Waals surface area contributed by atoms with Crippen molar-refractivity contribution in [2.45, 2.75) is 31.9 Å². The number of sulfonamides is 1. The highest BCUT2D eigenvalue weighted by atomic mass is 35.5. The van der Waals surface area contributed by atoms with Gasteiger partial charge in [0, 0.05) is 18.5 Å². The second-order valence-corrected chi connectivity index (χ2v) is 11.2. The van der Waals surface area contributed by atoms with E-state index in [0.29, 0.717) is 36.8 Å². The van der Waals surface area contributed by atoms with Crippen LogP contribution in [-0.2, 0) is 10.0 Å². The molecule has 0 amide bonds. The summed E-state index contributed by atoms with van der Waals surface area (Å²) in [6.45, 7) is 2.87. The molecule has 5 rings (SSSR count). The van der Waals surface area contributed by atoms with E-state index in [0.717, 1.165) is 33.2 Å². The number of anilines is 1. The van der Waals surface area contributed by atoms with Crippen molar-refractivity contribution < 1.29 is 13.2 Å². The van der Waals surface area contributed by atoms with Crippen LogP contribution < -0.4 is 10.1 Å². The molecule has 1 aliphatic heterocycles. The van der Waals surface area contributed by atoms with Gasteiger partial charge in [-0.05, 0) is 49.4 Å². The smallest absolute Gasteiger partial charge is 0.223 e. The number of piperidine rings is 1. The quantitative estimate of drug-likeness (QED) is 0.397. The van der Waals surface area contributed by atoms with Gasteiger partial charge in [-0.1, -0.05) is 35.9 Å². The van der Waals surface area contributed by atoms with Crippen LogP contribution in [0.5, 0.6) is 5.88 Å². The summed E-state index contributed by atoms with van der Waals surface area (Å²) in [5.74, 6) is 1.19. The second-order valence-electron chi connectivity index (χ2n) is 8.77. The van der Waals surface area contributed by atoms with E-state index in [9.17, 15) is 8.42 Å². The maximum atomic E-state index is 11.9. The Hall–Kier alpha value is -3.01. The summed E-state index contributed by atoms with van der Waals surface area (Å²) in [6.07, 6.45) is 3.81. The summed E-state index contributed by atoms with van der Waals surface area (Å²) < 4.78 is 31.6. The largest absolute Gasteiger partial charge is 0.474 e. The number of hydrogen-bond acceptors (Lipinski definition) is 7. The number of ether oxygens (including phenoxy) is 1. The number of pyridine rings is 1. The van der Waals surface area contributed by atoms with Crippen LogP contribution in [0.25, 0.3) is 21.7 Å². The molecule has 8 nitrogen and oxygen atoms in total. The molecule has 0 unspecified atom stereocenters. The van der Waals surface area contributed by atoms with E-state index >= 15 is 0 Å². The van der Waals surface area contributed by atoms with Crippen LogP contribution in [0.15, 0.2) is 54.9 Å². The fourth-order valence-corrected chi connectivity index (χ4v) is 5.53. The molecular formula is C25H26ClN5O3S. The number of fused-ring (bicyclic) bond motifs is 2. The van der Waals surface area contributed by atoms with Gasteiger partial charge in [0.25, 0.3) is 0 Å². The Bertz CT molecular complexity index is 1480. The average molecular weight is 512 g/mol. The van der Waals surface area contributed by atoms with E-state index < -0.39 is 10.0 Å². The molecule has 182 valence electrons. The molecule has 1 saturated heterocycles. The van der Waals surface area contributed by atoms with E-state index in [1.165, 1.54) is 10.6 Å². The Kier molecular flexibility index (Phi) is 6.48. The minimum atomic E-state index is -3.20. The number of benzene rings is 2. The number of rotatable bonds is 6. The molecule has 0 bridgehead atoms. The average Bonchev–Trinajstić information content (AvgIpc) is 2.84. The lowest BCUT2D eigenvalue weighted by Gasteiger charge is -2.30. The van der Waals surface area contributed by atoms with Gasteiger partial charge in [0.2, 0.25) is 15.9 Å². The third-order valence-corrected chi connectivity index (χ3v) is 7.90. The lowest BCUT2D eigenvalue weighted by atomic mass is 10.1. The summed E-state index contributed by atoms with van der Waals surface area (Å²) >= 11 is 6.55. The van der Waals surface area contributed by atoms with Gasteiger partial charge in [-0.25, -0.2) is 27.7 Å². The van der Waals surface area contributed by atoms with Crippen LogP contribution in [0.2, 0.25) is 5.02 Å². The number of para-hydroxylation sites is 1. The molecule has 0 saturated carbocycles. The SMILES string of the molecule is C[C@H](Nc1ncnc2ccccc12)c1cc2cccc(Cl)c2c(OC2CCN(S(C)(=O)=O)CC2)n1. The van der Waals surface area contributed by atoms with Crippen molar-refractivity contribution in [3.05, 3.63) is 65.6 Å². The van der Waals surface area contributed by atoms with Gasteiger partial charge in [-0.2, -0.15) is 0 Å². The topological polar surface area (TPSA) is 97.3 Å². The van der Waals surface area contributed by atoms with Gasteiger partial charge in [0.05, 0.1) is 33.9 Å². The zero-order chi connectivity index (χ0) is 24.6. The molecule has 3 heterocycles. The molecule has 10 heteroatoms. The molecule has 1 fully saturated rings. The van der Waals surface area contributed by atoms with Gasteiger partial charge in [-0.3, -0.25) is 0 Å². The van der Waals surface area contributed by atoms with Crippen LogP contribution in [0.1, 0.15) is 31.5 Å². The monoisotopic (exact) mass is 511 g/mol. The molecule has 0 aliphatic carbocycles. The highest BCUT2D eigenvalue weighted by molar-refractivity contribution is 7.88. The number of hydrogen-bond donors (Lipinski definition) is 1. The Labute approximate surface area is 209 Å². The molecule has 0 radical (unpaired) electrons. The van der Waals surface area contributed by atoms with Crippen LogP contribution in [0.3, 0.4) is 0 Å². The van der Waals surface area contributed by atoms with Crippen molar-refractivity contribution in [3.63, 3.8) is 0 Å². The molecule has 2 aromatic carbocycles. The first-order chi connectivity index (χ1) is 16.8. The number of nitrogens with zero attached hydrogens (tertiary/aromatic N) is 4. The zero-order valence-electron chi connectivity index (χ0n) is 19.5. The van der Waals surface area contributed by atoms with Crippen LogP contribution in [-0.4, -0.2) is 53.1 Å². The van der Waals surface area contributed by atoms with Gasteiger partial charge in [0.15, 0.2) is 0 Å². The van der Waals surface area contributed by atoms with Crippen molar-refractivity contribution in [3.8, 4) is 5.88 Å². The first kappa shape index (κ1) is 23.7. The lowest BCUT2D eigenvalue weighted by Crippen LogP contribution is -2.41. The van der Waals surface area contributed by atoms with E-state index in [-0.39, 0.29) is 12.1 Å². The highest BCUT2D eigenvalue weighted by Crippen LogP contribution is 2.35. The normalized spacial score (nSPS) is 16.4. The molecular weight excluding hydrogens is 486 g/mol. The first-order valence-corrected chi connectivity index (χ1v) is 13.7. The summed E-state index contributed by atoms with van der Waals surface area (Å²) in [7, 11) is -3.20. The van der Waals surface area contributed by atoms with Gasteiger partial charge < -0.3 is 10.1 Å². The van der Waals surface area contributed by atoms with Crippen molar-refractivity contribution in [2.24, 2.45) is 0 Å². The maximum Gasteiger partial charge on any atom is 0.223 e. The summed E-state index contributed by atoms with van der Waals surface area (Å²) in [6, 6.07) is 15.4. The molecule has 4 aromatic rings. The van der Waals surface area contributed by atoms with E-state index in [1.807, 2.05) is 55.5 Å². The minimum Gasteiger partial charge on any atom is -0.474 e. The number of nitrogens with one attached hydrogen (secondary N) is 1. The Morgan fingerprint density at radius 2 is 1.89 bits per heavy atom. The Morgan fingerprint density at radius 1 is 1.11 bits per heavy atom. The predicted octanol–water partition coefficient (Wildman–Crippen LogP) is 4.81. The summed E-state index contributed by atoms with van der Waals surface area (Å²) in [5.41, 5.74) is 1.64. The summed E-state index contributed by atoms with van der Waals surface area (Å²) in [5, 5.41) is 6.63. The fraction of sp³-hybridized carbons (Fsp3) is 0.320. The third kappa shape index (κ3) is 5.03. The highest BCUT2D eigenvalue weighted by Gasteiger charge is 2.27. The van der Waals surface area contributed by atoms with E-state index in [4.69, 9.17) is 21.3 Å². The fourth-order valence-electron chi connectivity index (χ4n) is 4.40. The van der Waals surface area contributed by atoms with Crippen molar-refractivity contribution in [1.29, 1.82) is 0 Å². The first-order valence-electron chi connectivity index (χ1n) is 11.5. The third-order valence-electron chi connectivity index (χ3n) is 6.28. The van der Waals surface area contributed by atoms with Crippen molar-refractivity contribution >= 4 is 49.1 Å². The summed E-state index contributed by atoms with van der Waals surface area (Å²) in [4.78, 5) is 13.6. The molecule has 0 spiro atoms. The molecule has 35 heavy (non-hydrogen) atoms. The predicted molar refractivity (Wildman–Crippen MR) is 138 cm³/mol. The molecule has 1 atom stereocenters. The van der Waals surface area contributed by atoms with Crippen molar-refractivity contribution in [1.82, 2.24) is 19.3 Å². The zero-order valence-corrected chi connectivity index (χ0v) is 21.1. The lowest BCUT2D eigenvalue weighted by molar-refractivity contribution is 0.132. The van der Waals surface area contributed by atoms with Crippen LogP contribution in [0, 0.1) is 0 Å². The number of aromatic nitrogens is 3. The second kappa shape index (κ2) is 9.56. The van der Waals surface area contributed by atoms with Crippen LogP contribution >= 0.6 is 11.6 Å². The number of halogens is 1. The Balaban J connectivity index is 1.45. The van der Waals surface area contributed by atoms with Crippen LogP contribution in [0.4, 0.5) is 5.82 Å². The Morgan fingerprint density at radius 3 is 2.66 bits per heavy atom. The molecule has 1 aliphatic rings. The van der Waals surface area contributed by atoms with Crippen molar-refractivity contribution in [2.75, 3.05) is 24.7 Å². The van der Waals surface area contributed by atoms with Gasteiger partial charge >= 0.3 is 0 Å². The standard InChI is InChI=1S/C25H26ClN5O3S/c1-16(29-24-19-7-3-4-9-21(19)27-15-28-24)22-14-17-6-5-8-20(26)23(17)25(30-22)34-18-10-12-31(13-11-18)35(2,32)33/h3-9,14-16,18H,10-13H2,1-2H3,(H,27,28,29)/t16-/m0/s1. The molecule has 2 aromatic heterocycles. The minimum absolute atomic E-state index is 0.149. The van der Waals surface area contributed by atoms with E-state index in [1.54, 1.807) is 6.33 Å². The van der Waals surface area contributed by atoms with Gasteiger partial charge in [0.1, 0.15) is 18.2 Å². The van der Waals surface area contributed by atoms with E-state index in [2.05, 4.69) is 15.3 Å². The maximum absolute atomic E-state index is 11.9. The van der Waals surface area contributed by atoms with Gasteiger partial charge in [-0.15, -0.1) is 0 Å².